The molecule has 0 saturated heterocycles. The van der Waals surface area contributed by atoms with Gasteiger partial charge in [-0.25, -0.2) is 4.98 Å². The van der Waals surface area contributed by atoms with Crippen LogP contribution < -0.4 is 0 Å². The predicted molar refractivity (Wildman–Crippen MR) is 242 cm³/mol. The van der Waals surface area contributed by atoms with Crippen LogP contribution in [-0.4, -0.2) is 9.55 Å². The molecular formula is C57H40N2. The third-order valence-electron chi connectivity index (χ3n) is 13.2. The molecule has 0 radical (unpaired) electrons. The lowest BCUT2D eigenvalue weighted by molar-refractivity contribution is 0.622. The van der Waals surface area contributed by atoms with Crippen molar-refractivity contribution in [3.63, 3.8) is 0 Å². The highest BCUT2D eigenvalue weighted by Gasteiger charge is 2.57. The van der Waals surface area contributed by atoms with E-state index >= 15 is 0 Å². The second-order valence-corrected chi connectivity index (χ2v) is 16.1. The lowest BCUT2D eigenvalue weighted by atomic mass is 9.51. The van der Waals surface area contributed by atoms with Crippen molar-refractivity contribution in [2.75, 3.05) is 0 Å². The van der Waals surface area contributed by atoms with Gasteiger partial charge in [-0.1, -0.05) is 194 Å². The zero-order chi connectivity index (χ0) is 39.0. The van der Waals surface area contributed by atoms with Crippen LogP contribution in [0.2, 0.25) is 0 Å². The summed E-state index contributed by atoms with van der Waals surface area (Å²) in [6, 6.07) is 74.0. The maximum absolute atomic E-state index is 5.12. The molecule has 8 aromatic carbocycles. The number of rotatable bonds is 6. The van der Waals surface area contributed by atoms with Crippen molar-refractivity contribution in [1.29, 1.82) is 0 Å². The molecule has 0 saturated carbocycles. The quantitative estimate of drug-likeness (QED) is 0.165. The van der Waals surface area contributed by atoms with E-state index in [9.17, 15) is 0 Å². The molecule has 2 atom stereocenters. The lowest BCUT2D eigenvalue weighted by Gasteiger charge is -2.50. The highest BCUT2D eigenvalue weighted by Crippen LogP contribution is 2.66. The Morgan fingerprint density at radius 1 is 0.424 bits per heavy atom. The summed E-state index contributed by atoms with van der Waals surface area (Å²) in [6.07, 6.45) is 9.42. The Labute approximate surface area is 345 Å². The molecule has 3 aliphatic carbocycles. The van der Waals surface area contributed by atoms with E-state index in [1.807, 2.05) is 0 Å². The van der Waals surface area contributed by atoms with Crippen LogP contribution in [0.25, 0.3) is 50.4 Å². The van der Waals surface area contributed by atoms with Crippen LogP contribution in [-0.2, 0) is 10.8 Å². The molecule has 1 heterocycles. The minimum Gasteiger partial charge on any atom is -0.292 e. The molecule has 0 N–H and O–H groups in total. The van der Waals surface area contributed by atoms with Gasteiger partial charge in [-0.3, -0.25) is 4.57 Å². The van der Waals surface area contributed by atoms with Gasteiger partial charge in [-0.2, -0.15) is 0 Å². The minimum absolute atomic E-state index is 0.406. The van der Waals surface area contributed by atoms with Crippen molar-refractivity contribution < 1.29 is 0 Å². The second-order valence-electron chi connectivity index (χ2n) is 16.1. The fourth-order valence-corrected chi connectivity index (χ4v) is 10.8. The van der Waals surface area contributed by atoms with Gasteiger partial charge in [-0.15, -0.1) is 0 Å². The summed E-state index contributed by atoms with van der Waals surface area (Å²) >= 11 is 0. The Morgan fingerprint density at radius 3 is 1.75 bits per heavy atom. The summed E-state index contributed by atoms with van der Waals surface area (Å²) in [5.74, 6) is 0.938. The second kappa shape index (κ2) is 13.1. The SMILES string of the molecule is C1=CC(C23c4ccccc4-c4cccc(c42)C(c2ccccc2)(c2ccc(-c4ccc(-c5nc6ccccc6n5-c5ccccc5)cc4)cc2)c2ccccc23)=CCC1. The molecule has 0 bridgehead atoms. The molecule has 2 nitrogen and oxygen atoms in total. The summed E-state index contributed by atoms with van der Waals surface area (Å²) in [4.78, 5) is 5.12. The van der Waals surface area contributed by atoms with Gasteiger partial charge in [0.05, 0.1) is 21.9 Å². The highest BCUT2D eigenvalue weighted by molar-refractivity contribution is 5.92. The van der Waals surface area contributed by atoms with Crippen LogP contribution >= 0.6 is 0 Å². The van der Waals surface area contributed by atoms with Crippen molar-refractivity contribution in [3.05, 3.63) is 263 Å². The van der Waals surface area contributed by atoms with Gasteiger partial charge in [0.15, 0.2) is 0 Å². The molecule has 0 fully saturated rings. The van der Waals surface area contributed by atoms with E-state index in [-0.39, 0.29) is 0 Å². The first kappa shape index (κ1) is 33.8. The molecule has 0 amide bonds. The topological polar surface area (TPSA) is 17.8 Å². The molecular weight excluding hydrogens is 713 g/mol. The molecule has 59 heavy (non-hydrogen) atoms. The Bertz CT molecular complexity index is 3130. The molecule has 0 spiro atoms. The fourth-order valence-electron chi connectivity index (χ4n) is 10.8. The Kier molecular flexibility index (Phi) is 7.52. The Hall–Kier alpha value is -7.29. The zero-order valence-corrected chi connectivity index (χ0v) is 32.6. The van der Waals surface area contributed by atoms with Crippen molar-refractivity contribution in [3.8, 4) is 39.3 Å². The van der Waals surface area contributed by atoms with Crippen molar-refractivity contribution in [2.45, 2.75) is 23.7 Å². The largest absolute Gasteiger partial charge is 0.292 e. The number of para-hydroxylation sites is 3. The maximum Gasteiger partial charge on any atom is 0.145 e. The van der Waals surface area contributed by atoms with Crippen molar-refractivity contribution in [2.24, 2.45) is 0 Å². The number of benzene rings is 8. The van der Waals surface area contributed by atoms with Gasteiger partial charge in [-0.05, 0) is 104 Å². The fraction of sp³-hybridized carbons (Fsp3) is 0.0702. The third-order valence-corrected chi connectivity index (χ3v) is 13.2. The van der Waals surface area contributed by atoms with Crippen LogP contribution in [0, 0.1) is 0 Å². The first-order valence-electron chi connectivity index (χ1n) is 20.8. The van der Waals surface area contributed by atoms with E-state index in [1.54, 1.807) is 0 Å². The van der Waals surface area contributed by atoms with Crippen LogP contribution in [0.3, 0.4) is 0 Å². The van der Waals surface area contributed by atoms with Crippen molar-refractivity contribution in [1.82, 2.24) is 9.55 Å². The Morgan fingerprint density at radius 2 is 1.00 bits per heavy atom. The Balaban J connectivity index is 1.03. The summed E-state index contributed by atoms with van der Waals surface area (Å²) in [5, 5.41) is 0. The van der Waals surface area contributed by atoms with E-state index in [2.05, 4.69) is 223 Å². The maximum atomic E-state index is 5.12. The third kappa shape index (κ3) is 4.72. The summed E-state index contributed by atoms with van der Waals surface area (Å²) < 4.78 is 2.26. The van der Waals surface area contributed by atoms with Crippen LogP contribution in [0.15, 0.2) is 224 Å². The van der Waals surface area contributed by atoms with Gasteiger partial charge in [0.25, 0.3) is 0 Å². The van der Waals surface area contributed by atoms with E-state index < -0.39 is 10.8 Å². The number of nitrogens with zero attached hydrogens (tertiary/aromatic N) is 2. The molecule has 2 heteroatoms. The lowest BCUT2D eigenvalue weighted by Crippen LogP contribution is -2.44. The van der Waals surface area contributed by atoms with Gasteiger partial charge in [0.1, 0.15) is 5.82 Å². The van der Waals surface area contributed by atoms with Gasteiger partial charge in [0.2, 0.25) is 0 Å². The van der Waals surface area contributed by atoms with E-state index in [4.69, 9.17) is 4.98 Å². The number of aromatic nitrogens is 2. The zero-order valence-electron chi connectivity index (χ0n) is 32.6. The molecule has 9 aromatic rings. The smallest absolute Gasteiger partial charge is 0.145 e. The summed E-state index contributed by atoms with van der Waals surface area (Å²) in [5.41, 5.74) is 19.1. The molecule has 3 aliphatic rings. The normalized spacial score (nSPS) is 18.5. The number of hydrogen-bond acceptors (Lipinski definition) is 1. The van der Waals surface area contributed by atoms with Crippen LogP contribution in [0.4, 0.5) is 0 Å². The minimum atomic E-state index is -0.549. The first-order chi connectivity index (χ1) is 29.3. The monoisotopic (exact) mass is 752 g/mol. The molecule has 0 aliphatic heterocycles. The number of fused-ring (bicyclic) bond motifs is 6. The van der Waals surface area contributed by atoms with E-state index in [0.717, 1.165) is 41.0 Å². The van der Waals surface area contributed by atoms with E-state index in [1.165, 1.54) is 66.8 Å². The number of allylic oxidation sites excluding steroid dienone is 4. The highest BCUT2D eigenvalue weighted by atomic mass is 15.1. The van der Waals surface area contributed by atoms with Crippen LogP contribution in [0.5, 0.6) is 0 Å². The van der Waals surface area contributed by atoms with Crippen molar-refractivity contribution >= 4 is 11.0 Å². The molecule has 2 unspecified atom stereocenters. The van der Waals surface area contributed by atoms with Gasteiger partial charge in [0, 0.05) is 11.3 Å². The van der Waals surface area contributed by atoms with Crippen LogP contribution in [0.1, 0.15) is 51.8 Å². The molecule has 1 aromatic heterocycles. The van der Waals surface area contributed by atoms with E-state index in [0.29, 0.717) is 0 Å². The summed E-state index contributed by atoms with van der Waals surface area (Å²) in [7, 11) is 0. The first-order valence-corrected chi connectivity index (χ1v) is 20.8. The molecule has 278 valence electrons. The average Bonchev–Trinajstić information content (AvgIpc) is 3.86. The standard InChI is InChI=1S/C57H40N2/c1-4-17-42(18-5-1)56(49-26-12-13-27-50(49)57(43-19-6-2-7-20-43)48-25-11-10-23-46(48)47-24-16-28-51(56)54(47)57)44-37-35-40(36-38-44)39-31-33-41(34-32-39)55-58-52-29-14-15-30-53(52)59(55)45-21-8-3-9-22-45/h1,3-6,8-38H,2,7H2. The summed E-state index contributed by atoms with van der Waals surface area (Å²) in [6.45, 7) is 0. The van der Waals surface area contributed by atoms with Gasteiger partial charge < -0.3 is 0 Å². The predicted octanol–water partition coefficient (Wildman–Crippen LogP) is 13.6. The number of imidazole rings is 1. The van der Waals surface area contributed by atoms with Gasteiger partial charge >= 0.3 is 0 Å². The molecule has 12 rings (SSSR count). The average molecular weight is 753 g/mol. The number of hydrogen-bond donors (Lipinski definition) is 0.